The molecule has 2 rings (SSSR count). The van der Waals surface area contributed by atoms with Crippen molar-refractivity contribution in [2.75, 3.05) is 7.05 Å². The lowest BCUT2D eigenvalue weighted by atomic mass is 10.2. The number of aromatic nitrogens is 2. The molecule has 1 aromatic heterocycles. The summed E-state index contributed by atoms with van der Waals surface area (Å²) in [5.41, 5.74) is -0.414. The SMILES string of the molecule is CNC(=NC#N)NCc1nonc1C(=Nc1cccc(C(F)(F)F)c1)NOC(=O)C(F)(F)F. The highest BCUT2D eigenvalue weighted by molar-refractivity contribution is 5.99. The molecular weight excluding hydrogens is 466 g/mol. The number of guanidine groups is 1. The lowest BCUT2D eigenvalue weighted by molar-refractivity contribution is -0.203. The fourth-order valence-corrected chi connectivity index (χ4v) is 2.06. The molecular formula is C16H12F6N8O3. The molecule has 0 unspecified atom stereocenters. The number of nitriles is 1. The summed E-state index contributed by atoms with van der Waals surface area (Å²) in [6.45, 7) is -0.281. The smallest absolute Gasteiger partial charge is 0.359 e. The van der Waals surface area contributed by atoms with Crippen LogP contribution in [-0.4, -0.2) is 41.3 Å². The summed E-state index contributed by atoms with van der Waals surface area (Å²) in [6, 6.07) is 3.45. The van der Waals surface area contributed by atoms with Crippen molar-refractivity contribution in [2.45, 2.75) is 18.9 Å². The maximum absolute atomic E-state index is 13.0. The van der Waals surface area contributed by atoms with E-state index in [-0.39, 0.29) is 23.9 Å². The van der Waals surface area contributed by atoms with E-state index in [0.29, 0.717) is 6.07 Å². The first-order valence-electron chi connectivity index (χ1n) is 8.46. The molecule has 11 nitrogen and oxygen atoms in total. The van der Waals surface area contributed by atoms with E-state index in [9.17, 15) is 31.1 Å². The van der Waals surface area contributed by atoms with E-state index in [1.165, 1.54) is 13.2 Å². The van der Waals surface area contributed by atoms with Gasteiger partial charge in [0.2, 0.25) is 12.2 Å². The van der Waals surface area contributed by atoms with Crippen molar-refractivity contribution in [1.29, 1.82) is 5.26 Å². The lowest BCUT2D eigenvalue weighted by Crippen LogP contribution is -2.37. The maximum atomic E-state index is 13.0. The van der Waals surface area contributed by atoms with Crippen LogP contribution < -0.4 is 16.1 Å². The molecule has 1 heterocycles. The minimum absolute atomic E-state index is 0.0284. The van der Waals surface area contributed by atoms with Gasteiger partial charge < -0.3 is 15.5 Å². The van der Waals surface area contributed by atoms with Gasteiger partial charge >= 0.3 is 18.3 Å². The Hall–Kier alpha value is -4.36. The molecule has 0 fully saturated rings. The second kappa shape index (κ2) is 10.3. The van der Waals surface area contributed by atoms with Gasteiger partial charge in [0.05, 0.1) is 17.8 Å². The van der Waals surface area contributed by atoms with Gasteiger partial charge in [-0.15, -0.1) is 4.99 Å². The summed E-state index contributed by atoms with van der Waals surface area (Å²) in [4.78, 5) is 22.1. The molecule has 0 radical (unpaired) electrons. The molecule has 176 valence electrons. The summed E-state index contributed by atoms with van der Waals surface area (Å²) in [5.74, 6) is -3.42. The third-order valence-corrected chi connectivity index (χ3v) is 3.49. The Morgan fingerprint density at radius 1 is 1.24 bits per heavy atom. The number of amidine groups is 1. The zero-order valence-electron chi connectivity index (χ0n) is 16.2. The average Bonchev–Trinajstić information content (AvgIpc) is 3.21. The van der Waals surface area contributed by atoms with Crippen LogP contribution in [0.2, 0.25) is 0 Å². The van der Waals surface area contributed by atoms with Crippen LogP contribution in [0.3, 0.4) is 0 Å². The van der Waals surface area contributed by atoms with Crippen LogP contribution in [-0.2, 0) is 22.4 Å². The Kier molecular flexibility index (Phi) is 7.77. The second-order valence-corrected chi connectivity index (χ2v) is 5.72. The summed E-state index contributed by atoms with van der Waals surface area (Å²) in [6.07, 6.45) is -8.61. The Bertz CT molecular complexity index is 1090. The summed E-state index contributed by atoms with van der Waals surface area (Å²) >= 11 is 0. The van der Waals surface area contributed by atoms with Crippen LogP contribution in [0, 0.1) is 11.5 Å². The van der Waals surface area contributed by atoms with E-state index < -0.39 is 35.4 Å². The van der Waals surface area contributed by atoms with Crippen molar-refractivity contribution >= 4 is 23.5 Å². The Labute approximate surface area is 180 Å². The average molecular weight is 478 g/mol. The molecule has 0 aliphatic heterocycles. The van der Waals surface area contributed by atoms with E-state index in [1.807, 2.05) is 0 Å². The third-order valence-electron chi connectivity index (χ3n) is 3.49. The molecule has 1 aromatic carbocycles. The predicted molar refractivity (Wildman–Crippen MR) is 96.2 cm³/mol. The van der Waals surface area contributed by atoms with Crippen molar-refractivity contribution in [2.24, 2.45) is 9.98 Å². The van der Waals surface area contributed by atoms with Gasteiger partial charge in [0.15, 0.2) is 11.5 Å². The number of nitrogens with one attached hydrogen (secondary N) is 3. The minimum Gasteiger partial charge on any atom is -0.359 e. The zero-order valence-corrected chi connectivity index (χ0v) is 16.2. The summed E-state index contributed by atoms with van der Waals surface area (Å²) in [5, 5.41) is 20.6. The normalized spacial score (nSPS) is 12.7. The number of rotatable bonds is 4. The van der Waals surface area contributed by atoms with E-state index in [0.717, 1.165) is 18.2 Å². The highest BCUT2D eigenvalue weighted by atomic mass is 19.4. The van der Waals surface area contributed by atoms with Crippen LogP contribution >= 0.6 is 0 Å². The Morgan fingerprint density at radius 3 is 2.58 bits per heavy atom. The van der Waals surface area contributed by atoms with Gasteiger partial charge in [0.1, 0.15) is 5.69 Å². The van der Waals surface area contributed by atoms with Crippen molar-refractivity contribution in [3.63, 3.8) is 0 Å². The molecule has 2 aromatic rings. The van der Waals surface area contributed by atoms with Crippen molar-refractivity contribution in [3.8, 4) is 6.19 Å². The molecule has 0 amide bonds. The molecule has 0 saturated carbocycles. The number of alkyl halides is 6. The van der Waals surface area contributed by atoms with Gasteiger partial charge in [-0.25, -0.2) is 14.4 Å². The molecule has 0 aliphatic rings. The number of hydrogen-bond acceptors (Lipinski definition) is 8. The van der Waals surface area contributed by atoms with Gasteiger partial charge in [-0.2, -0.15) is 37.1 Å². The Balaban J connectivity index is 2.42. The quantitative estimate of drug-likeness (QED) is 0.197. The first-order valence-corrected chi connectivity index (χ1v) is 8.46. The lowest BCUT2D eigenvalue weighted by Gasteiger charge is -2.11. The highest BCUT2D eigenvalue weighted by Crippen LogP contribution is 2.31. The minimum atomic E-state index is -5.38. The van der Waals surface area contributed by atoms with Gasteiger partial charge in [-0.1, -0.05) is 11.2 Å². The largest absolute Gasteiger partial charge is 0.493 e. The van der Waals surface area contributed by atoms with E-state index in [1.54, 1.807) is 5.48 Å². The second-order valence-electron chi connectivity index (χ2n) is 5.72. The topological polar surface area (TPSA) is 150 Å². The number of benzene rings is 1. The number of nitrogens with zero attached hydrogens (tertiary/aromatic N) is 5. The molecule has 17 heteroatoms. The first kappa shape index (κ1) is 24.9. The van der Waals surface area contributed by atoms with E-state index in [2.05, 4.69) is 40.4 Å². The van der Waals surface area contributed by atoms with Gasteiger partial charge in [-0.05, 0) is 23.4 Å². The summed E-state index contributed by atoms with van der Waals surface area (Å²) in [7, 11) is 1.42. The third kappa shape index (κ3) is 7.09. The van der Waals surface area contributed by atoms with Gasteiger partial charge in [0, 0.05) is 7.05 Å². The van der Waals surface area contributed by atoms with Crippen LogP contribution in [0.15, 0.2) is 38.9 Å². The number of aliphatic imine (C=N–C) groups is 2. The fourth-order valence-electron chi connectivity index (χ4n) is 2.06. The van der Waals surface area contributed by atoms with Gasteiger partial charge in [0.25, 0.3) is 0 Å². The monoisotopic (exact) mass is 478 g/mol. The molecule has 0 aliphatic carbocycles. The molecule has 0 spiro atoms. The number of hydrogen-bond donors (Lipinski definition) is 3. The van der Waals surface area contributed by atoms with E-state index in [4.69, 9.17) is 5.26 Å². The number of carbonyl (C=O) groups is 1. The van der Waals surface area contributed by atoms with Crippen LogP contribution in [0.5, 0.6) is 0 Å². The standard InChI is InChI=1S/C16H12F6N8O3/c1-24-14(26-7-23)25-6-10-11(29-33-28-10)12(30-32-13(31)16(20,21)22)27-9-4-2-3-8(5-9)15(17,18)19/h2-5H,6H2,1H3,(H,27,30)(H2,24,25,26). The molecule has 0 saturated heterocycles. The van der Waals surface area contributed by atoms with Crippen LogP contribution in [0.4, 0.5) is 32.0 Å². The molecule has 33 heavy (non-hydrogen) atoms. The fraction of sp³-hybridized carbons (Fsp3) is 0.250. The molecule has 3 N–H and O–H groups in total. The van der Waals surface area contributed by atoms with Crippen molar-refractivity contribution in [1.82, 2.24) is 26.4 Å². The van der Waals surface area contributed by atoms with E-state index >= 15 is 0 Å². The highest BCUT2D eigenvalue weighted by Gasteiger charge is 2.42. The van der Waals surface area contributed by atoms with Crippen LogP contribution in [0.1, 0.15) is 17.0 Å². The zero-order chi connectivity index (χ0) is 24.6. The number of carbonyl (C=O) groups excluding carboxylic acids is 1. The number of hydroxylamine groups is 1. The van der Waals surface area contributed by atoms with Crippen LogP contribution in [0.25, 0.3) is 0 Å². The predicted octanol–water partition coefficient (Wildman–Crippen LogP) is 1.92. The number of halogens is 6. The molecule has 0 atom stereocenters. The maximum Gasteiger partial charge on any atom is 0.493 e. The van der Waals surface area contributed by atoms with Crippen molar-refractivity contribution < 1.29 is 40.6 Å². The molecule has 0 bridgehead atoms. The summed E-state index contributed by atoms with van der Waals surface area (Å²) < 4.78 is 80.8. The van der Waals surface area contributed by atoms with Crippen molar-refractivity contribution in [3.05, 3.63) is 41.2 Å². The van der Waals surface area contributed by atoms with Gasteiger partial charge in [-0.3, -0.25) is 0 Å². The Morgan fingerprint density at radius 2 is 1.97 bits per heavy atom. The first-order chi connectivity index (χ1) is 15.5.